The van der Waals surface area contributed by atoms with Crippen molar-refractivity contribution >= 4 is 18.4 Å². The Balaban J connectivity index is 0.00000242. The molecule has 2 rings (SSSR count). The number of carboxylic acid groups (broad SMARTS) is 1. The Labute approximate surface area is 136 Å². The Morgan fingerprint density at radius 3 is 2.77 bits per heavy atom. The lowest BCUT2D eigenvalue weighted by Gasteiger charge is -2.02. The fourth-order valence-electron chi connectivity index (χ4n) is 2.15. The van der Waals surface area contributed by atoms with Crippen LogP contribution in [0.5, 0.6) is 0 Å². The summed E-state index contributed by atoms with van der Waals surface area (Å²) in [7, 11) is 0. The zero-order valence-electron chi connectivity index (χ0n) is 12.7. The summed E-state index contributed by atoms with van der Waals surface area (Å²) < 4.78 is 5.76. The molecule has 0 atom stereocenters. The van der Waals surface area contributed by atoms with Gasteiger partial charge in [0.05, 0.1) is 12.1 Å². The Kier molecular flexibility index (Phi) is 7.71. The number of furan rings is 1. The van der Waals surface area contributed by atoms with Gasteiger partial charge in [-0.1, -0.05) is 31.9 Å². The molecule has 0 saturated heterocycles. The molecule has 0 amide bonds. The van der Waals surface area contributed by atoms with Crippen molar-refractivity contribution in [2.24, 2.45) is 0 Å². The molecule has 5 heteroatoms. The van der Waals surface area contributed by atoms with E-state index in [1.165, 1.54) is 19.3 Å². The zero-order valence-corrected chi connectivity index (χ0v) is 13.5. The molecule has 120 valence electrons. The second kappa shape index (κ2) is 9.28. The molecule has 0 bridgehead atoms. The molecule has 0 aliphatic heterocycles. The Bertz CT molecular complexity index is 595. The minimum Gasteiger partial charge on any atom is -0.478 e. The highest BCUT2D eigenvalue weighted by molar-refractivity contribution is 5.89. The van der Waals surface area contributed by atoms with Crippen LogP contribution in [-0.4, -0.2) is 17.6 Å². The molecule has 1 aromatic heterocycles. The predicted molar refractivity (Wildman–Crippen MR) is 89.6 cm³/mol. The smallest absolute Gasteiger partial charge is 0.335 e. The van der Waals surface area contributed by atoms with Gasteiger partial charge in [-0.05, 0) is 37.2 Å². The lowest BCUT2D eigenvalue weighted by atomic mass is 10.1. The van der Waals surface area contributed by atoms with Crippen LogP contribution in [0, 0.1) is 0 Å². The van der Waals surface area contributed by atoms with Crippen molar-refractivity contribution in [3.05, 3.63) is 47.7 Å². The first-order valence-electron chi connectivity index (χ1n) is 7.34. The van der Waals surface area contributed by atoms with E-state index in [2.05, 4.69) is 12.2 Å². The third kappa shape index (κ3) is 5.20. The number of aromatic carboxylic acids is 1. The number of rotatable bonds is 8. The number of hydrogen-bond acceptors (Lipinski definition) is 3. The van der Waals surface area contributed by atoms with E-state index in [-0.39, 0.29) is 18.0 Å². The second-order valence-corrected chi connectivity index (χ2v) is 5.04. The molecule has 0 aliphatic rings. The van der Waals surface area contributed by atoms with Crippen LogP contribution in [0.3, 0.4) is 0 Å². The van der Waals surface area contributed by atoms with Crippen molar-refractivity contribution in [2.45, 2.75) is 32.7 Å². The number of unbranched alkanes of at least 4 members (excludes halogenated alkanes) is 2. The van der Waals surface area contributed by atoms with Crippen molar-refractivity contribution < 1.29 is 14.3 Å². The predicted octanol–water partition coefficient (Wildman–Crippen LogP) is 4.35. The Morgan fingerprint density at radius 1 is 1.23 bits per heavy atom. The summed E-state index contributed by atoms with van der Waals surface area (Å²) in [5.41, 5.74) is 1.05. The van der Waals surface area contributed by atoms with E-state index in [1.807, 2.05) is 18.2 Å². The van der Waals surface area contributed by atoms with Crippen LogP contribution in [0.25, 0.3) is 11.3 Å². The molecule has 2 N–H and O–H groups in total. The van der Waals surface area contributed by atoms with Crippen molar-refractivity contribution in [1.29, 1.82) is 0 Å². The van der Waals surface area contributed by atoms with Crippen LogP contribution >= 0.6 is 12.4 Å². The molecule has 4 nitrogen and oxygen atoms in total. The topological polar surface area (TPSA) is 62.5 Å². The fourth-order valence-corrected chi connectivity index (χ4v) is 2.15. The molecule has 0 aliphatic carbocycles. The number of benzene rings is 1. The first-order chi connectivity index (χ1) is 10.2. The van der Waals surface area contributed by atoms with Gasteiger partial charge in [-0.25, -0.2) is 4.79 Å². The molecule has 0 spiro atoms. The van der Waals surface area contributed by atoms with Gasteiger partial charge in [0.25, 0.3) is 0 Å². The average Bonchev–Trinajstić information content (AvgIpc) is 2.96. The number of carboxylic acids is 1. The standard InChI is InChI=1S/C17H21NO3.ClH/c1-2-3-4-10-18-12-15-8-9-16(21-15)13-6-5-7-14(11-13)17(19)20;/h5-9,11,18H,2-4,10,12H2,1H3,(H,19,20);1H. The molecule has 0 fully saturated rings. The highest BCUT2D eigenvalue weighted by Gasteiger charge is 2.08. The fraction of sp³-hybridized carbons (Fsp3) is 0.353. The van der Waals surface area contributed by atoms with Crippen LogP contribution < -0.4 is 5.32 Å². The van der Waals surface area contributed by atoms with Gasteiger partial charge in [0.1, 0.15) is 11.5 Å². The molecule has 0 saturated carbocycles. The van der Waals surface area contributed by atoms with Gasteiger partial charge in [-0.2, -0.15) is 0 Å². The van der Waals surface area contributed by atoms with Crippen molar-refractivity contribution in [1.82, 2.24) is 5.32 Å². The van der Waals surface area contributed by atoms with Gasteiger partial charge in [-0.3, -0.25) is 0 Å². The summed E-state index contributed by atoms with van der Waals surface area (Å²) in [6, 6.07) is 10.6. The zero-order chi connectivity index (χ0) is 15.1. The Hall–Kier alpha value is -1.78. The maximum atomic E-state index is 11.0. The van der Waals surface area contributed by atoms with Gasteiger partial charge in [0.15, 0.2) is 0 Å². The van der Waals surface area contributed by atoms with Crippen LogP contribution in [0.1, 0.15) is 42.3 Å². The summed E-state index contributed by atoms with van der Waals surface area (Å²) in [6.45, 7) is 3.87. The highest BCUT2D eigenvalue weighted by atomic mass is 35.5. The summed E-state index contributed by atoms with van der Waals surface area (Å²) in [6.07, 6.45) is 3.62. The SMILES string of the molecule is CCCCCNCc1ccc(-c2cccc(C(=O)O)c2)o1.Cl. The lowest BCUT2D eigenvalue weighted by Crippen LogP contribution is -2.13. The maximum absolute atomic E-state index is 11.0. The van der Waals surface area contributed by atoms with E-state index in [9.17, 15) is 4.79 Å². The van der Waals surface area contributed by atoms with Gasteiger partial charge < -0.3 is 14.8 Å². The van der Waals surface area contributed by atoms with Crippen molar-refractivity contribution in [3.63, 3.8) is 0 Å². The quantitative estimate of drug-likeness (QED) is 0.709. The van der Waals surface area contributed by atoms with Crippen LogP contribution in [0.15, 0.2) is 40.8 Å². The summed E-state index contributed by atoms with van der Waals surface area (Å²) in [5.74, 6) is 0.631. The molecule has 1 heterocycles. The van der Waals surface area contributed by atoms with E-state index >= 15 is 0 Å². The van der Waals surface area contributed by atoms with Gasteiger partial charge in [0, 0.05) is 5.56 Å². The van der Waals surface area contributed by atoms with E-state index in [0.29, 0.717) is 12.3 Å². The molecule has 2 aromatic rings. The monoisotopic (exact) mass is 323 g/mol. The minimum absolute atomic E-state index is 0. The largest absolute Gasteiger partial charge is 0.478 e. The third-order valence-electron chi connectivity index (χ3n) is 3.31. The number of nitrogens with one attached hydrogen (secondary N) is 1. The molecule has 0 radical (unpaired) electrons. The molecule has 0 unspecified atom stereocenters. The lowest BCUT2D eigenvalue weighted by molar-refractivity contribution is 0.0697. The molecular weight excluding hydrogens is 302 g/mol. The first kappa shape index (κ1) is 18.3. The number of halogens is 1. The maximum Gasteiger partial charge on any atom is 0.335 e. The third-order valence-corrected chi connectivity index (χ3v) is 3.31. The first-order valence-corrected chi connectivity index (χ1v) is 7.34. The van der Waals surface area contributed by atoms with Gasteiger partial charge in [-0.15, -0.1) is 12.4 Å². The van der Waals surface area contributed by atoms with E-state index in [4.69, 9.17) is 9.52 Å². The molecule has 1 aromatic carbocycles. The Morgan fingerprint density at radius 2 is 2.05 bits per heavy atom. The molecule has 22 heavy (non-hydrogen) atoms. The highest BCUT2D eigenvalue weighted by Crippen LogP contribution is 2.23. The van der Waals surface area contributed by atoms with Crippen LogP contribution in [-0.2, 0) is 6.54 Å². The number of hydrogen-bond donors (Lipinski definition) is 2. The molecular formula is C17H22ClNO3. The second-order valence-electron chi connectivity index (χ2n) is 5.04. The summed E-state index contributed by atoms with van der Waals surface area (Å²) in [4.78, 5) is 11.0. The average molecular weight is 324 g/mol. The van der Waals surface area contributed by atoms with E-state index in [0.717, 1.165) is 17.9 Å². The van der Waals surface area contributed by atoms with E-state index < -0.39 is 5.97 Å². The van der Waals surface area contributed by atoms with Gasteiger partial charge in [0.2, 0.25) is 0 Å². The normalized spacial score (nSPS) is 10.2. The summed E-state index contributed by atoms with van der Waals surface area (Å²) >= 11 is 0. The van der Waals surface area contributed by atoms with Gasteiger partial charge >= 0.3 is 5.97 Å². The summed E-state index contributed by atoms with van der Waals surface area (Å²) in [5, 5.41) is 12.4. The van der Waals surface area contributed by atoms with Crippen molar-refractivity contribution in [3.8, 4) is 11.3 Å². The van der Waals surface area contributed by atoms with Crippen LogP contribution in [0.4, 0.5) is 0 Å². The minimum atomic E-state index is -0.929. The van der Waals surface area contributed by atoms with Crippen molar-refractivity contribution in [2.75, 3.05) is 6.54 Å². The van der Waals surface area contributed by atoms with E-state index in [1.54, 1.807) is 18.2 Å². The van der Waals surface area contributed by atoms with Crippen LogP contribution in [0.2, 0.25) is 0 Å². The number of carbonyl (C=O) groups is 1.